The molecule has 0 saturated heterocycles. The third-order valence-electron chi connectivity index (χ3n) is 17.6. The Morgan fingerprint density at radius 1 is 0.266 bits per heavy atom. The van der Waals surface area contributed by atoms with E-state index in [-0.39, 0.29) is 0 Å². The molecular weight excluding hydrogens is 1060 g/mol. The molecule has 0 amide bonds. The van der Waals surface area contributed by atoms with Gasteiger partial charge in [-0.2, -0.15) is 0 Å². The molecule has 0 saturated carbocycles. The number of hydrogen-bond acceptors (Lipinski definition) is 26. The second-order valence-electron chi connectivity index (χ2n) is 20.5. The van der Waals surface area contributed by atoms with Gasteiger partial charge in [0.05, 0.1) is 86.3 Å². The summed E-state index contributed by atoms with van der Waals surface area (Å²) in [5, 5.41) is 256. The van der Waals surface area contributed by atoms with Crippen LogP contribution in [0.15, 0.2) is 0 Å². The number of ether oxygens (including phenoxy) is 4. The van der Waals surface area contributed by atoms with Crippen LogP contribution >= 0.6 is 0 Å². The summed E-state index contributed by atoms with van der Waals surface area (Å²) in [6.45, 7) is -24.2. The number of carbonyl (C=O) groups is 1. The lowest BCUT2D eigenvalue weighted by Crippen LogP contribution is -2.85. The fourth-order valence-corrected chi connectivity index (χ4v) is 15.7. The summed E-state index contributed by atoms with van der Waals surface area (Å²) in [6.07, 6.45) is -15.8. The number of aliphatic carboxylic acids is 1. The smallest absolute Gasteiger partial charge is 0.311 e. The van der Waals surface area contributed by atoms with Crippen LogP contribution in [0.2, 0.25) is 0 Å². The van der Waals surface area contributed by atoms with Crippen LogP contribution in [0.5, 0.6) is 0 Å². The van der Waals surface area contributed by atoms with Crippen molar-refractivity contribution in [2.24, 2.45) is 27.1 Å². The van der Waals surface area contributed by atoms with Crippen LogP contribution in [0.4, 0.5) is 0 Å². The summed E-state index contributed by atoms with van der Waals surface area (Å²) in [5.74, 6) is -2.18. The van der Waals surface area contributed by atoms with Gasteiger partial charge in [0, 0.05) is 172 Å². The van der Waals surface area contributed by atoms with Crippen LogP contribution in [0.1, 0.15) is 109 Å². The van der Waals surface area contributed by atoms with Gasteiger partial charge in [-0.3, -0.25) is 4.79 Å². The minimum Gasteiger partial charge on any atom is -0.481 e. The topological polar surface area (TPSA) is 499 Å². The molecule has 0 fully saturated rings. The average molecular weight is 1160 g/mol. The molecule has 474 valence electrons. The zero-order valence-corrected chi connectivity index (χ0v) is 46.4. The van der Waals surface area contributed by atoms with Gasteiger partial charge < -0.3 is 131 Å². The lowest BCUT2D eigenvalue weighted by molar-refractivity contribution is -0.390. The van der Waals surface area contributed by atoms with E-state index in [0.29, 0.717) is 0 Å². The normalized spacial score (nSPS) is 14.6. The number of carboxylic acids is 1. The van der Waals surface area contributed by atoms with Crippen molar-refractivity contribution in [3.8, 4) is 0 Å². The molecule has 0 aliphatic heterocycles. The largest absolute Gasteiger partial charge is 0.481 e. The van der Waals surface area contributed by atoms with Crippen molar-refractivity contribution in [2.45, 2.75) is 137 Å². The molecule has 27 heteroatoms. The summed E-state index contributed by atoms with van der Waals surface area (Å²) in [5.41, 5.74) is -29.1. The lowest BCUT2D eigenvalue weighted by Gasteiger charge is -2.78. The standard InChI is InChI=1S/C52H104O27/c53-17-1-43(75,2-18-54)41-51(79-40-36-72,44(3-19-55,4-20-56)48(11-27-63,12-28-64)76-37-33-69)47(9-25-61,10-26-62)52(42(73)74,45(5-21-57,6-22-58)49(13-29-65,14-30-66)77-38-34-70)46(7-23-59,8-24-60)50(15-31-67,16-32-68)78-39-35-71/h53-72,75H,1-41H2,(H,73,74). The Hall–Kier alpha value is -1.53. The van der Waals surface area contributed by atoms with Gasteiger partial charge in [-0.25, -0.2) is 0 Å². The first-order valence-electron chi connectivity index (χ1n) is 27.6. The highest BCUT2D eigenvalue weighted by atomic mass is 16.5. The Labute approximate surface area is 463 Å². The molecule has 0 radical (unpaired) electrons. The highest BCUT2D eigenvalue weighted by molar-refractivity contribution is 5.80. The van der Waals surface area contributed by atoms with Gasteiger partial charge in [-0.1, -0.05) is 0 Å². The number of aliphatic hydroxyl groups excluding tert-OH is 20. The Morgan fingerprint density at radius 3 is 0.709 bits per heavy atom. The van der Waals surface area contributed by atoms with E-state index >= 15 is 4.79 Å². The molecule has 0 aliphatic rings. The maximum Gasteiger partial charge on any atom is 0.311 e. The van der Waals surface area contributed by atoms with Gasteiger partial charge in [0.2, 0.25) is 0 Å². The Bertz CT molecular complexity index is 1460. The van der Waals surface area contributed by atoms with E-state index in [1.165, 1.54) is 0 Å². The molecule has 27 nitrogen and oxygen atoms in total. The summed E-state index contributed by atoms with van der Waals surface area (Å²) in [6, 6.07) is 0. The number of rotatable bonds is 55. The summed E-state index contributed by atoms with van der Waals surface area (Å²) < 4.78 is 27.3. The summed E-state index contributed by atoms with van der Waals surface area (Å²) in [4.78, 5) is 17.1. The van der Waals surface area contributed by atoms with E-state index in [1.807, 2.05) is 0 Å². The number of carboxylic acid groups (broad SMARTS) is 1. The van der Waals surface area contributed by atoms with Gasteiger partial charge in [0.15, 0.2) is 0 Å². The Kier molecular flexibility index (Phi) is 37.7. The first-order valence-corrected chi connectivity index (χ1v) is 27.6. The lowest BCUT2D eigenvalue weighted by atomic mass is 9.26. The van der Waals surface area contributed by atoms with Crippen molar-refractivity contribution < 1.29 is 136 Å². The molecule has 0 aliphatic carbocycles. The van der Waals surface area contributed by atoms with Crippen LogP contribution < -0.4 is 0 Å². The molecule has 79 heavy (non-hydrogen) atoms. The highest BCUT2D eigenvalue weighted by Gasteiger charge is 2.88. The Balaban J connectivity index is 12.9. The molecule has 0 aromatic rings. The fourth-order valence-electron chi connectivity index (χ4n) is 15.7. The Morgan fingerprint density at radius 2 is 0.481 bits per heavy atom. The SMILES string of the molecule is O=C(O)C(C(CCO)(CCO)C(CCO)(CCO)OCCO)(C(CCO)(CCO)C(CCO)(CCO)OCCO)C(CCO)(CCO)C(CC(O)(CCO)CCO)(OCCO)C(CCO)(CCO)C(CCO)(CCO)OCCO. The molecule has 1 atom stereocenters. The highest BCUT2D eigenvalue weighted by Crippen LogP contribution is 2.81. The molecular formula is C52H104O27. The molecule has 1 unspecified atom stereocenters. The maximum absolute atomic E-state index is 17.1. The number of hydrogen-bond donors (Lipinski definition) is 22. The van der Waals surface area contributed by atoms with Gasteiger partial charge in [-0.05, 0) is 64.2 Å². The van der Waals surface area contributed by atoms with E-state index in [0.717, 1.165) is 0 Å². The zero-order chi connectivity index (χ0) is 60.4. The first-order chi connectivity index (χ1) is 37.9. The van der Waals surface area contributed by atoms with Gasteiger partial charge in [0.1, 0.15) is 0 Å². The van der Waals surface area contributed by atoms with E-state index in [9.17, 15) is 112 Å². The van der Waals surface area contributed by atoms with Crippen molar-refractivity contribution in [1.29, 1.82) is 0 Å². The molecule has 0 aromatic carbocycles. The monoisotopic (exact) mass is 1160 g/mol. The third kappa shape index (κ3) is 15.3. The maximum atomic E-state index is 17.1. The molecule has 0 aromatic heterocycles. The molecule has 0 heterocycles. The van der Waals surface area contributed by atoms with Crippen LogP contribution in [0, 0.1) is 27.1 Å². The van der Waals surface area contributed by atoms with Crippen molar-refractivity contribution in [2.75, 3.05) is 159 Å². The van der Waals surface area contributed by atoms with Crippen LogP contribution in [0.25, 0.3) is 0 Å². The average Bonchev–Trinajstić information content (AvgIpc) is 3.40. The zero-order valence-electron chi connectivity index (χ0n) is 46.4. The molecule has 0 bridgehead atoms. The van der Waals surface area contributed by atoms with Crippen LogP contribution in [0.3, 0.4) is 0 Å². The third-order valence-corrected chi connectivity index (χ3v) is 17.6. The van der Waals surface area contributed by atoms with Gasteiger partial charge in [0.25, 0.3) is 0 Å². The summed E-state index contributed by atoms with van der Waals surface area (Å²) >= 11 is 0. The number of aliphatic hydroxyl groups is 21. The van der Waals surface area contributed by atoms with Crippen molar-refractivity contribution in [1.82, 2.24) is 0 Å². The van der Waals surface area contributed by atoms with E-state index in [2.05, 4.69) is 0 Å². The van der Waals surface area contributed by atoms with Crippen molar-refractivity contribution in [3.63, 3.8) is 0 Å². The quantitative estimate of drug-likeness (QED) is 0.0270. The van der Waals surface area contributed by atoms with Gasteiger partial charge in [-0.15, -0.1) is 0 Å². The minimum absolute atomic E-state index is 0.724. The van der Waals surface area contributed by atoms with Crippen molar-refractivity contribution in [3.05, 3.63) is 0 Å². The van der Waals surface area contributed by atoms with E-state index < -0.39 is 329 Å². The minimum atomic E-state index is -3.67. The van der Waals surface area contributed by atoms with Crippen molar-refractivity contribution >= 4 is 5.97 Å². The van der Waals surface area contributed by atoms with Crippen LogP contribution in [-0.2, 0) is 23.7 Å². The summed E-state index contributed by atoms with van der Waals surface area (Å²) in [7, 11) is 0. The van der Waals surface area contributed by atoms with Gasteiger partial charge >= 0.3 is 5.97 Å². The predicted molar refractivity (Wildman–Crippen MR) is 280 cm³/mol. The molecule has 0 spiro atoms. The van der Waals surface area contributed by atoms with E-state index in [4.69, 9.17) is 18.9 Å². The van der Waals surface area contributed by atoms with E-state index in [1.54, 1.807) is 0 Å². The van der Waals surface area contributed by atoms with Crippen LogP contribution in [-0.4, -0.2) is 305 Å². The second kappa shape index (κ2) is 38.4. The fraction of sp³-hybridized carbons (Fsp3) is 0.981. The first kappa shape index (κ1) is 77.5. The molecule has 22 N–H and O–H groups in total. The second-order valence-corrected chi connectivity index (χ2v) is 20.5. The predicted octanol–water partition coefficient (Wildman–Crippen LogP) is -5.77. The molecule has 0 rings (SSSR count).